The largest absolute Gasteiger partial charge is 0.346 e. The summed E-state index contributed by atoms with van der Waals surface area (Å²) in [4.78, 5) is 13.3. The summed E-state index contributed by atoms with van der Waals surface area (Å²) in [6, 6.07) is 7.00. The van der Waals surface area contributed by atoms with Crippen LogP contribution in [0.2, 0.25) is 5.02 Å². The summed E-state index contributed by atoms with van der Waals surface area (Å²) in [6.07, 6.45) is 0. The van der Waals surface area contributed by atoms with Gasteiger partial charge in [-0.2, -0.15) is 0 Å². The Kier molecular flexibility index (Phi) is 6.01. The van der Waals surface area contributed by atoms with Crippen molar-refractivity contribution in [1.29, 1.82) is 0 Å². The fraction of sp³-hybridized carbons (Fsp3) is 0.462. The number of hydrogen-bond acceptors (Lipinski definition) is 1. The number of halogens is 1. The van der Waals surface area contributed by atoms with Gasteiger partial charge in [0.15, 0.2) is 0 Å². The Morgan fingerprint density at radius 2 is 2.06 bits per heavy atom. The van der Waals surface area contributed by atoms with Gasteiger partial charge in [0.25, 0.3) is 5.91 Å². The van der Waals surface area contributed by atoms with Crippen molar-refractivity contribution in [3.05, 3.63) is 34.9 Å². The van der Waals surface area contributed by atoms with E-state index in [-0.39, 0.29) is 5.91 Å². The van der Waals surface area contributed by atoms with E-state index in [1.54, 1.807) is 24.3 Å². The van der Waals surface area contributed by atoms with Crippen LogP contribution in [0, 0.1) is 0 Å². The second kappa shape index (κ2) is 7.30. The lowest BCUT2D eigenvalue weighted by Gasteiger charge is -2.15. The SMILES string of the molecule is CC[NH+](CC)CCNC(=O)c1cccc(Cl)c1. The topological polar surface area (TPSA) is 33.5 Å². The molecule has 0 aliphatic carbocycles. The average Bonchev–Trinajstić information content (AvgIpc) is 2.34. The van der Waals surface area contributed by atoms with Gasteiger partial charge in [0.1, 0.15) is 0 Å². The zero-order chi connectivity index (χ0) is 12.7. The van der Waals surface area contributed by atoms with E-state index in [2.05, 4.69) is 19.2 Å². The van der Waals surface area contributed by atoms with Gasteiger partial charge in [-0.3, -0.25) is 4.79 Å². The maximum atomic E-state index is 11.8. The number of amides is 1. The third-order valence-electron chi connectivity index (χ3n) is 2.85. The predicted octanol–water partition coefficient (Wildman–Crippen LogP) is 0.994. The molecule has 1 rings (SSSR count). The third-order valence-corrected chi connectivity index (χ3v) is 3.09. The fourth-order valence-corrected chi connectivity index (χ4v) is 1.88. The quantitative estimate of drug-likeness (QED) is 0.781. The second-order valence-corrected chi connectivity index (χ2v) is 4.41. The number of nitrogens with one attached hydrogen (secondary N) is 2. The van der Waals surface area contributed by atoms with Gasteiger partial charge in [-0.1, -0.05) is 17.7 Å². The minimum Gasteiger partial charge on any atom is -0.346 e. The van der Waals surface area contributed by atoms with E-state index >= 15 is 0 Å². The predicted molar refractivity (Wildman–Crippen MR) is 70.7 cm³/mol. The molecule has 1 amide bonds. The van der Waals surface area contributed by atoms with Gasteiger partial charge in [-0.05, 0) is 32.0 Å². The lowest BCUT2D eigenvalue weighted by molar-refractivity contribution is -0.895. The Hall–Kier alpha value is -1.06. The molecule has 17 heavy (non-hydrogen) atoms. The van der Waals surface area contributed by atoms with Crippen molar-refractivity contribution < 1.29 is 9.69 Å². The Morgan fingerprint density at radius 1 is 1.35 bits per heavy atom. The molecule has 0 heterocycles. The highest BCUT2D eigenvalue weighted by atomic mass is 35.5. The number of carbonyl (C=O) groups is 1. The molecule has 0 saturated carbocycles. The molecule has 0 spiro atoms. The lowest BCUT2D eigenvalue weighted by Crippen LogP contribution is -3.12. The zero-order valence-electron chi connectivity index (χ0n) is 10.4. The molecule has 1 aromatic carbocycles. The van der Waals surface area contributed by atoms with E-state index in [9.17, 15) is 4.79 Å². The summed E-state index contributed by atoms with van der Waals surface area (Å²) in [5.74, 6) is -0.0564. The minimum atomic E-state index is -0.0564. The lowest BCUT2D eigenvalue weighted by atomic mass is 10.2. The zero-order valence-corrected chi connectivity index (χ0v) is 11.2. The van der Waals surface area contributed by atoms with E-state index in [4.69, 9.17) is 11.6 Å². The highest BCUT2D eigenvalue weighted by Gasteiger charge is 2.07. The van der Waals surface area contributed by atoms with E-state index < -0.39 is 0 Å². The Bertz CT molecular complexity index is 364. The van der Waals surface area contributed by atoms with Crippen LogP contribution in [0.25, 0.3) is 0 Å². The molecule has 0 aliphatic rings. The van der Waals surface area contributed by atoms with Crippen LogP contribution < -0.4 is 10.2 Å². The van der Waals surface area contributed by atoms with E-state index in [0.29, 0.717) is 17.1 Å². The molecule has 1 aromatic rings. The second-order valence-electron chi connectivity index (χ2n) is 3.97. The molecule has 94 valence electrons. The number of rotatable bonds is 6. The van der Waals surface area contributed by atoms with Crippen molar-refractivity contribution >= 4 is 17.5 Å². The molecule has 0 bridgehead atoms. The van der Waals surface area contributed by atoms with Gasteiger partial charge in [0.05, 0.1) is 26.2 Å². The number of likely N-dealkylation sites (N-methyl/N-ethyl adjacent to an activating group) is 1. The maximum absolute atomic E-state index is 11.8. The van der Waals surface area contributed by atoms with Crippen LogP contribution in [-0.4, -0.2) is 32.1 Å². The van der Waals surface area contributed by atoms with Crippen molar-refractivity contribution in [1.82, 2.24) is 5.32 Å². The molecule has 0 atom stereocenters. The van der Waals surface area contributed by atoms with Crippen LogP contribution in [0.5, 0.6) is 0 Å². The van der Waals surface area contributed by atoms with E-state index in [1.165, 1.54) is 4.90 Å². The number of hydrogen-bond donors (Lipinski definition) is 2. The summed E-state index contributed by atoms with van der Waals surface area (Å²) in [7, 11) is 0. The molecule has 2 N–H and O–H groups in total. The summed E-state index contributed by atoms with van der Waals surface area (Å²) < 4.78 is 0. The van der Waals surface area contributed by atoms with E-state index in [0.717, 1.165) is 19.6 Å². The highest BCUT2D eigenvalue weighted by molar-refractivity contribution is 6.30. The van der Waals surface area contributed by atoms with Crippen LogP contribution in [0.3, 0.4) is 0 Å². The Labute approximate surface area is 108 Å². The summed E-state index contributed by atoms with van der Waals surface area (Å²) in [5.41, 5.74) is 0.618. The average molecular weight is 256 g/mol. The van der Waals surface area contributed by atoms with Crippen LogP contribution in [0.1, 0.15) is 24.2 Å². The molecule has 3 nitrogen and oxygen atoms in total. The number of carbonyl (C=O) groups excluding carboxylic acids is 1. The first-order valence-corrected chi connectivity index (χ1v) is 6.42. The molecule has 0 radical (unpaired) electrons. The normalized spacial score (nSPS) is 10.6. The van der Waals surface area contributed by atoms with Gasteiger partial charge in [0.2, 0.25) is 0 Å². The van der Waals surface area contributed by atoms with Crippen LogP contribution in [-0.2, 0) is 0 Å². The molecular weight excluding hydrogens is 236 g/mol. The first-order chi connectivity index (χ1) is 8.17. The summed E-state index contributed by atoms with van der Waals surface area (Å²) >= 11 is 5.83. The summed E-state index contributed by atoms with van der Waals surface area (Å²) in [5, 5.41) is 3.50. The Balaban J connectivity index is 2.40. The van der Waals surface area contributed by atoms with Gasteiger partial charge < -0.3 is 10.2 Å². The van der Waals surface area contributed by atoms with Crippen molar-refractivity contribution in [3.8, 4) is 0 Å². The first kappa shape index (κ1) is 14.0. The van der Waals surface area contributed by atoms with Crippen molar-refractivity contribution in [3.63, 3.8) is 0 Å². The van der Waals surface area contributed by atoms with Crippen LogP contribution >= 0.6 is 11.6 Å². The molecule has 0 aromatic heterocycles. The standard InChI is InChI=1S/C13H19ClN2O/c1-3-16(4-2)9-8-15-13(17)11-6-5-7-12(14)10-11/h5-7,10H,3-4,8-9H2,1-2H3,(H,15,17)/p+1. The molecule has 0 fully saturated rings. The highest BCUT2D eigenvalue weighted by Crippen LogP contribution is 2.10. The molecule has 0 aliphatic heterocycles. The van der Waals surface area contributed by atoms with E-state index in [1.807, 2.05) is 0 Å². The van der Waals surface area contributed by atoms with Gasteiger partial charge in [0, 0.05) is 10.6 Å². The van der Waals surface area contributed by atoms with Crippen molar-refractivity contribution in [2.24, 2.45) is 0 Å². The number of benzene rings is 1. The molecule has 0 saturated heterocycles. The van der Waals surface area contributed by atoms with Crippen molar-refractivity contribution in [2.45, 2.75) is 13.8 Å². The fourth-order valence-electron chi connectivity index (χ4n) is 1.69. The first-order valence-electron chi connectivity index (χ1n) is 6.04. The third kappa shape index (κ3) is 4.75. The van der Waals surface area contributed by atoms with Gasteiger partial charge in [-0.15, -0.1) is 0 Å². The smallest absolute Gasteiger partial charge is 0.251 e. The monoisotopic (exact) mass is 255 g/mol. The van der Waals surface area contributed by atoms with Gasteiger partial charge >= 0.3 is 0 Å². The molecule has 4 heteroatoms. The maximum Gasteiger partial charge on any atom is 0.251 e. The van der Waals surface area contributed by atoms with Crippen LogP contribution in [0.4, 0.5) is 0 Å². The summed E-state index contributed by atoms with van der Waals surface area (Å²) in [6.45, 7) is 8.13. The van der Waals surface area contributed by atoms with Crippen molar-refractivity contribution in [2.75, 3.05) is 26.2 Å². The van der Waals surface area contributed by atoms with Crippen LogP contribution in [0.15, 0.2) is 24.3 Å². The molecule has 0 unspecified atom stereocenters. The Morgan fingerprint density at radius 3 is 2.65 bits per heavy atom. The minimum absolute atomic E-state index is 0.0564. The van der Waals surface area contributed by atoms with Gasteiger partial charge in [-0.25, -0.2) is 0 Å². The number of quaternary nitrogens is 1. The molecular formula is C13H20ClN2O+.